The lowest BCUT2D eigenvalue weighted by atomic mass is 10.1. The molecule has 1 amide bonds. The highest BCUT2D eigenvalue weighted by molar-refractivity contribution is 7.21. The van der Waals surface area contributed by atoms with Crippen molar-refractivity contribution >= 4 is 33.1 Å². The standard InChI is InChI=1S/C17H16FN3OS/c1-9-6-10(2)21-17-13(9)14(19)15(23-17)16(22)20-8-11-4-3-5-12(18)7-11/h3-7H,8,19H2,1-2H3,(H,20,22). The fourth-order valence-electron chi connectivity index (χ4n) is 2.55. The minimum absolute atomic E-state index is 0.246. The highest BCUT2D eigenvalue weighted by Crippen LogP contribution is 2.34. The lowest BCUT2D eigenvalue weighted by molar-refractivity contribution is 0.0956. The molecule has 0 spiro atoms. The predicted molar refractivity (Wildman–Crippen MR) is 91.1 cm³/mol. The molecule has 0 aliphatic carbocycles. The van der Waals surface area contributed by atoms with Crippen LogP contribution in [0.15, 0.2) is 30.3 Å². The van der Waals surface area contributed by atoms with E-state index in [1.807, 2.05) is 19.9 Å². The molecule has 4 nitrogen and oxygen atoms in total. The Morgan fingerprint density at radius 2 is 2.13 bits per heavy atom. The van der Waals surface area contributed by atoms with Crippen LogP contribution in [0.4, 0.5) is 10.1 Å². The number of nitrogens with zero attached hydrogens (tertiary/aromatic N) is 1. The maximum atomic E-state index is 13.2. The van der Waals surface area contributed by atoms with Crippen molar-refractivity contribution in [2.24, 2.45) is 0 Å². The van der Waals surface area contributed by atoms with E-state index < -0.39 is 0 Å². The summed E-state index contributed by atoms with van der Waals surface area (Å²) in [7, 11) is 0. The number of nitrogens with one attached hydrogen (secondary N) is 1. The summed E-state index contributed by atoms with van der Waals surface area (Å²) in [5.41, 5.74) is 9.18. The van der Waals surface area contributed by atoms with E-state index >= 15 is 0 Å². The number of pyridine rings is 1. The molecular formula is C17H16FN3OS. The maximum absolute atomic E-state index is 13.2. The van der Waals surface area contributed by atoms with Crippen LogP contribution in [0, 0.1) is 19.7 Å². The number of fused-ring (bicyclic) bond motifs is 1. The molecule has 23 heavy (non-hydrogen) atoms. The molecule has 0 bridgehead atoms. The van der Waals surface area contributed by atoms with Gasteiger partial charge in [-0.25, -0.2) is 9.37 Å². The first-order chi connectivity index (χ1) is 11.0. The van der Waals surface area contributed by atoms with E-state index in [2.05, 4.69) is 10.3 Å². The molecule has 0 fully saturated rings. The predicted octanol–water partition coefficient (Wildman–Crippen LogP) is 3.56. The largest absolute Gasteiger partial charge is 0.397 e. The summed E-state index contributed by atoms with van der Waals surface area (Å²) in [6, 6.07) is 8.07. The number of amides is 1. The first-order valence-corrected chi connectivity index (χ1v) is 7.96. The van der Waals surface area contributed by atoms with E-state index in [0.717, 1.165) is 21.5 Å². The Hall–Kier alpha value is -2.47. The van der Waals surface area contributed by atoms with Gasteiger partial charge in [-0.1, -0.05) is 12.1 Å². The number of carbonyl (C=O) groups is 1. The monoisotopic (exact) mass is 329 g/mol. The first kappa shape index (κ1) is 15.4. The number of hydrogen-bond donors (Lipinski definition) is 2. The normalized spacial score (nSPS) is 10.9. The summed E-state index contributed by atoms with van der Waals surface area (Å²) in [6.45, 7) is 4.11. The number of anilines is 1. The van der Waals surface area contributed by atoms with Gasteiger partial charge in [0.1, 0.15) is 15.5 Å². The Balaban J connectivity index is 1.86. The number of aromatic nitrogens is 1. The van der Waals surface area contributed by atoms with E-state index in [1.54, 1.807) is 12.1 Å². The Bertz CT molecular complexity index is 904. The van der Waals surface area contributed by atoms with Crippen molar-refractivity contribution < 1.29 is 9.18 Å². The van der Waals surface area contributed by atoms with Crippen molar-refractivity contribution in [3.63, 3.8) is 0 Å². The quantitative estimate of drug-likeness (QED) is 0.772. The van der Waals surface area contributed by atoms with Gasteiger partial charge in [0.05, 0.1) is 5.69 Å². The average Bonchev–Trinajstić information content (AvgIpc) is 2.82. The fourth-order valence-corrected chi connectivity index (χ4v) is 3.68. The second-order valence-corrected chi connectivity index (χ2v) is 6.42. The summed E-state index contributed by atoms with van der Waals surface area (Å²) >= 11 is 1.28. The zero-order valence-corrected chi connectivity index (χ0v) is 13.6. The van der Waals surface area contributed by atoms with Crippen molar-refractivity contribution in [3.05, 3.63) is 57.8 Å². The lowest BCUT2D eigenvalue weighted by Crippen LogP contribution is -2.22. The van der Waals surface area contributed by atoms with Crippen LogP contribution in [-0.4, -0.2) is 10.9 Å². The van der Waals surface area contributed by atoms with Crippen LogP contribution in [0.5, 0.6) is 0 Å². The molecule has 0 aliphatic heterocycles. The Kier molecular flexibility index (Phi) is 4.00. The van der Waals surface area contributed by atoms with Crippen LogP contribution in [0.1, 0.15) is 26.5 Å². The van der Waals surface area contributed by atoms with Gasteiger partial charge in [0.2, 0.25) is 0 Å². The number of nitrogen functional groups attached to an aromatic ring is 1. The van der Waals surface area contributed by atoms with E-state index in [-0.39, 0.29) is 18.3 Å². The molecular weight excluding hydrogens is 313 g/mol. The van der Waals surface area contributed by atoms with Crippen molar-refractivity contribution in [3.8, 4) is 0 Å². The molecule has 6 heteroatoms. The van der Waals surface area contributed by atoms with Gasteiger partial charge < -0.3 is 11.1 Å². The summed E-state index contributed by atoms with van der Waals surface area (Å²) in [5, 5.41) is 3.61. The average molecular weight is 329 g/mol. The fraction of sp³-hybridized carbons (Fsp3) is 0.176. The van der Waals surface area contributed by atoms with Gasteiger partial charge in [0, 0.05) is 17.6 Å². The lowest BCUT2D eigenvalue weighted by Gasteiger charge is -2.05. The van der Waals surface area contributed by atoms with Gasteiger partial charge in [0.25, 0.3) is 5.91 Å². The zero-order chi connectivity index (χ0) is 16.6. The number of carbonyl (C=O) groups excluding carboxylic acids is 1. The molecule has 0 aliphatic rings. The van der Waals surface area contributed by atoms with Crippen LogP contribution in [0.2, 0.25) is 0 Å². The van der Waals surface area contributed by atoms with Crippen LogP contribution < -0.4 is 11.1 Å². The van der Waals surface area contributed by atoms with Crippen LogP contribution in [-0.2, 0) is 6.54 Å². The minimum Gasteiger partial charge on any atom is -0.397 e. The van der Waals surface area contributed by atoms with Crippen LogP contribution in [0.3, 0.4) is 0 Å². The van der Waals surface area contributed by atoms with E-state index in [0.29, 0.717) is 16.1 Å². The van der Waals surface area contributed by atoms with E-state index in [4.69, 9.17) is 5.73 Å². The highest BCUT2D eigenvalue weighted by atomic mass is 32.1. The van der Waals surface area contributed by atoms with Crippen molar-refractivity contribution in [2.45, 2.75) is 20.4 Å². The molecule has 118 valence electrons. The molecule has 3 aromatic rings. The number of halogens is 1. The number of rotatable bonds is 3. The van der Waals surface area contributed by atoms with Gasteiger partial charge in [-0.15, -0.1) is 11.3 Å². The number of aryl methyl sites for hydroxylation is 2. The Labute approximate surface area is 137 Å². The second-order valence-electron chi connectivity index (χ2n) is 5.42. The number of nitrogens with two attached hydrogens (primary N) is 1. The molecule has 2 aromatic heterocycles. The van der Waals surface area contributed by atoms with Gasteiger partial charge in [-0.05, 0) is 43.2 Å². The van der Waals surface area contributed by atoms with E-state index in [9.17, 15) is 9.18 Å². The third-order valence-electron chi connectivity index (χ3n) is 3.57. The van der Waals surface area contributed by atoms with Crippen LogP contribution >= 0.6 is 11.3 Å². The van der Waals surface area contributed by atoms with Gasteiger partial charge in [-0.2, -0.15) is 0 Å². The van der Waals surface area contributed by atoms with Gasteiger partial charge in [0.15, 0.2) is 0 Å². The van der Waals surface area contributed by atoms with Gasteiger partial charge >= 0.3 is 0 Å². The van der Waals surface area contributed by atoms with Crippen molar-refractivity contribution in [1.82, 2.24) is 10.3 Å². The third-order valence-corrected chi connectivity index (χ3v) is 4.67. The molecule has 3 N–H and O–H groups in total. The van der Waals surface area contributed by atoms with Crippen molar-refractivity contribution in [2.75, 3.05) is 5.73 Å². The highest BCUT2D eigenvalue weighted by Gasteiger charge is 2.18. The maximum Gasteiger partial charge on any atom is 0.263 e. The number of hydrogen-bond acceptors (Lipinski definition) is 4. The van der Waals surface area contributed by atoms with E-state index in [1.165, 1.54) is 23.5 Å². The smallest absolute Gasteiger partial charge is 0.263 e. The summed E-state index contributed by atoms with van der Waals surface area (Å²) < 4.78 is 13.2. The number of thiophene rings is 1. The molecule has 0 atom stereocenters. The minimum atomic E-state index is -0.326. The second kappa shape index (κ2) is 5.96. The molecule has 0 unspecified atom stereocenters. The van der Waals surface area contributed by atoms with Crippen molar-refractivity contribution in [1.29, 1.82) is 0 Å². The third kappa shape index (κ3) is 3.03. The van der Waals surface area contributed by atoms with Crippen LogP contribution in [0.25, 0.3) is 10.2 Å². The summed E-state index contributed by atoms with van der Waals surface area (Å²) in [5.74, 6) is -0.597. The number of benzene rings is 1. The molecule has 0 saturated heterocycles. The molecule has 2 heterocycles. The summed E-state index contributed by atoms with van der Waals surface area (Å²) in [4.78, 5) is 18.0. The molecule has 0 radical (unpaired) electrons. The SMILES string of the molecule is Cc1cc(C)c2c(N)c(C(=O)NCc3cccc(F)c3)sc2n1. The summed E-state index contributed by atoms with van der Waals surface area (Å²) in [6.07, 6.45) is 0. The first-order valence-electron chi connectivity index (χ1n) is 7.14. The Morgan fingerprint density at radius 1 is 1.35 bits per heavy atom. The topological polar surface area (TPSA) is 68.0 Å². The Morgan fingerprint density at radius 3 is 2.87 bits per heavy atom. The molecule has 3 rings (SSSR count). The molecule has 0 saturated carbocycles. The zero-order valence-electron chi connectivity index (χ0n) is 12.8. The van der Waals surface area contributed by atoms with Gasteiger partial charge in [-0.3, -0.25) is 4.79 Å². The molecule has 1 aromatic carbocycles.